The summed E-state index contributed by atoms with van der Waals surface area (Å²) in [6, 6.07) is 0. The van der Waals surface area contributed by atoms with Gasteiger partial charge in [0, 0.05) is 25.2 Å². The van der Waals surface area contributed by atoms with Crippen LogP contribution in [0.4, 0.5) is 0 Å². The number of hydrogen-bond donors (Lipinski definition) is 12. The lowest BCUT2D eigenvalue weighted by Gasteiger charge is -2.39. The van der Waals surface area contributed by atoms with Crippen LogP contribution in [0.1, 0.15) is 26.2 Å². The van der Waals surface area contributed by atoms with Gasteiger partial charge < -0.3 is 89.7 Å². The highest BCUT2D eigenvalue weighted by molar-refractivity contribution is 8.00. The summed E-state index contributed by atoms with van der Waals surface area (Å²) in [5, 5.41) is 119. The summed E-state index contributed by atoms with van der Waals surface area (Å²) in [5.74, 6) is 1.51. The van der Waals surface area contributed by atoms with Crippen molar-refractivity contribution in [2.75, 3.05) is 76.7 Å². The molecular formula is C32H60O18S3. The molecule has 3 rings (SSSR count). The van der Waals surface area contributed by atoms with Crippen molar-refractivity contribution in [1.82, 2.24) is 0 Å². The summed E-state index contributed by atoms with van der Waals surface area (Å²) in [7, 11) is 0. The molecule has 3 aliphatic heterocycles. The number of hydrogen-bond acceptors (Lipinski definition) is 21. The molecule has 0 aliphatic carbocycles. The summed E-state index contributed by atoms with van der Waals surface area (Å²) in [4.78, 5) is 0. The minimum absolute atomic E-state index is 0.275. The summed E-state index contributed by atoms with van der Waals surface area (Å²) < 4.78 is 34.5. The van der Waals surface area contributed by atoms with E-state index in [0.717, 1.165) is 0 Å². The average molecular weight is 829 g/mol. The van der Waals surface area contributed by atoms with Crippen LogP contribution < -0.4 is 0 Å². The largest absolute Gasteiger partial charge is 0.394 e. The zero-order valence-electron chi connectivity index (χ0n) is 29.8. The van der Waals surface area contributed by atoms with E-state index in [1.807, 2.05) is 6.92 Å². The van der Waals surface area contributed by atoms with Crippen molar-refractivity contribution >= 4 is 35.3 Å². The first-order valence-corrected chi connectivity index (χ1v) is 20.9. The average Bonchev–Trinajstić information content (AvgIpc) is 3.15. The Kier molecular flexibility index (Phi) is 21.9. The first-order valence-electron chi connectivity index (χ1n) is 17.8. The zero-order valence-corrected chi connectivity index (χ0v) is 32.3. The Labute approximate surface area is 322 Å². The fourth-order valence-corrected chi connectivity index (χ4v) is 9.07. The predicted molar refractivity (Wildman–Crippen MR) is 193 cm³/mol. The molecule has 0 bridgehead atoms. The fraction of sp³-hybridized carbons (Fsp3) is 1.00. The van der Waals surface area contributed by atoms with Gasteiger partial charge in [0.1, 0.15) is 89.6 Å². The van der Waals surface area contributed by atoms with Crippen molar-refractivity contribution in [2.24, 2.45) is 5.41 Å². The van der Waals surface area contributed by atoms with Crippen molar-refractivity contribution in [3.63, 3.8) is 0 Å². The summed E-state index contributed by atoms with van der Waals surface area (Å²) in [6.07, 6.45) is -13.7. The molecule has 3 saturated heterocycles. The van der Waals surface area contributed by atoms with Crippen molar-refractivity contribution in [1.29, 1.82) is 0 Å². The van der Waals surface area contributed by atoms with Crippen molar-refractivity contribution in [3.05, 3.63) is 0 Å². The highest BCUT2D eigenvalue weighted by Crippen LogP contribution is 2.31. The monoisotopic (exact) mass is 828 g/mol. The van der Waals surface area contributed by atoms with Crippen LogP contribution in [0.3, 0.4) is 0 Å². The van der Waals surface area contributed by atoms with Crippen molar-refractivity contribution < 1.29 is 89.7 Å². The van der Waals surface area contributed by atoms with Gasteiger partial charge in [-0.1, -0.05) is 6.92 Å². The maximum absolute atomic E-state index is 10.3. The number of thioether (sulfide) groups is 3. The summed E-state index contributed by atoms with van der Waals surface area (Å²) in [5.41, 5.74) is -3.04. The minimum atomic E-state index is -1.44. The van der Waals surface area contributed by atoms with Gasteiger partial charge in [-0.2, -0.15) is 0 Å². The second-order valence-electron chi connectivity index (χ2n) is 13.7. The normalized spacial score (nSPS) is 39.2. The number of aliphatic hydroxyl groups is 12. The molecule has 12 N–H and O–H groups in total. The molecular weight excluding hydrogens is 769 g/mol. The summed E-state index contributed by atoms with van der Waals surface area (Å²) >= 11 is 3.72. The lowest BCUT2D eigenvalue weighted by atomic mass is 9.94. The Hall–Kier alpha value is 0.330. The van der Waals surface area contributed by atoms with Crippen molar-refractivity contribution in [3.8, 4) is 0 Å². The zero-order chi connectivity index (χ0) is 39.1. The quantitative estimate of drug-likeness (QED) is 0.0411. The molecule has 314 valence electrons. The van der Waals surface area contributed by atoms with Crippen LogP contribution in [0.5, 0.6) is 0 Å². The van der Waals surface area contributed by atoms with E-state index in [0.29, 0.717) is 56.3 Å². The van der Waals surface area contributed by atoms with E-state index >= 15 is 0 Å². The van der Waals surface area contributed by atoms with Crippen LogP contribution >= 0.6 is 35.3 Å². The van der Waals surface area contributed by atoms with E-state index in [1.54, 1.807) is 0 Å². The molecule has 18 nitrogen and oxygen atoms in total. The second kappa shape index (κ2) is 24.3. The molecule has 0 saturated carbocycles. The fourth-order valence-electron chi connectivity index (χ4n) is 5.78. The van der Waals surface area contributed by atoms with Crippen LogP contribution in [-0.2, 0) is 28.4 Å². The van der Waals surface area contributed by atoms with E-state index < -0.39 is 115 Å². The minimum Gasteiger partial charge on any atom is -0.394 e. The molecule has 3 heterocycles. The summed E-state index contributed by atoms with van der Waals surface area (Å²) in [6.45, 7) is 2.33. The third-order valence-corrected chi connectivity index (χ3v) is 12.8. The Morgan fingerprint density at radius 1 is 0.434 bits per heavy atom. The van der Waals surface area contributed by atoms with Crippen molar-refractivity contribution in [2.45, 2.75) is 116 Å². The Morgan fingerprint density at radius 2 is 0.698 bits per heavy atom. The molecule has 21 heteroatoms. The molecule has 0 radical (unpaired) electrons. The van der Waals surface area contributed by atoms with Gasteiger partial charge in [0.05, 0.1) is 39.6 Å². The van der Waals surface area contributed by atoms with E-state index in [9.17, 15) is 61.3 Å². The van der Waals surface area contributed by atoms with E-state index in [1.165, 1.54) is 35.3 Å². The van der Waals surface area contributed by atoms with Gasteiger partial charge in [-0.3, -0.25) is 0 Å². The van der Waals surface area contributed by atoms with Crippen LogP contribution in [0.15, 0.2) is 0 Å². The van der Waals surface area contributed by atoms with Crippen LogP contribution in [0, 0.1) is 5.41 Å². The van der Waals surface area contributed by atoms with Gasteiger partial charge in [-0.25, -0.2) is 0 Å². The van der Waals surface area contributed by atoms with Crippen LogP contribution in [0.2, 0.25) is 0 Å². The van der Waals surface area contributed by atoms with Gasteiger partial charge in [0.15, 0.2) is 0 Å². The van der Waals surface area contributed by atoms with Gasteiger partial charge >= 0.3 is 0 Å². The van der Waals surface area contributed by atoms with Gasteiger partial charge in [0.2, 0.25) is 0 Å². The molecule has 3 fully saturated rings. The van der Waals surface area contributed by atoms with Crippen LogP contribution in [0.25, 0.3) is 0 Å². The Bertz CT molecular complexity index is 873. The molecule has 0 aromatic carbocycles. The third-order valence-electron chi connectivity index (χ3n) is 9.04. The first-order chi connectivity index (χ1) is 25.3. The molecule has 0 spiro atoms. The Balaban J connectivity index is 1.41. The molecule has 9 unspecified atom stereocenters. The molecule has 3 aliphatic rings. The molecule has 0 amide bonds. The smallest absolute Gasteiger partial charge is 0.132 e. The Morgan fingerprint density at radius 3 is 0.943 bits per heavy atom. The lowest BCUT2D eigenvalue weighted by Crippen LogP contribution is -2.57. The first kappa shape index (κ1) is 47.7. The van der Waals surface area contributed by atoms with E-state index in [-0.39, 0.29) is 19.8 Å². The molecule has 0 aromatic rings. The number of aliphatic hydroxyl groups excluding tert-OH is 12. The van der Waals surface area contributed by atoms with Crippen LogP contribution in [-0.4, -0.2) is 228 Å². The SMILES string of the molecule is CC(COCCCS[C@H]1OC(CO)[C@@H](O)C(O)C1O)(COCCCS[C@@H]1OC(CO)[C@H](O)C(O)C1O)COCCCS[C@@H]1OC(CO)[C@H](O)C(O)C1O. The third kappa shape index (κ3) is 14.3. The van der Waals surface area contributed by atoms with Gasteiger partial charge in [0.25, 0.3) is 0 Å². The highest BCUT2D eigenvalue weighted by atomic mass is 32.2. The second-order valence-corrected chi connectivity index (χ2v) is 17.4. The maximum atomic E-state index is 10.3. The predicted octanol–water partition coefficient (Wildman–Crippen LogP) is -4.19. The van der Waals surface area contributed by atoms with Gasteiger partial charge in [-0.15, -0.1) is 35.3 Å². The lowest BCUT2D eigenvalue weighted by molar-refractivity contribution is -0.205. The number of rotatable bonds is 24. The maximum Gasteiger partial charge on any atom is 0.132 e. The van der Waals surface area contributed by atoms with E-state index in [2.05, 4.69) is 0 Å². The standard InChI is InChI=1S/C32H60O18S3/c1-32(14-45-5-2-8-51-29-26(42)23(39)20(36)17(11-33)48-29,15-46-6-3-9-52-30-27(43)24(40)21(37)18(12-34)49-30)16-47-7-4-10-53-31-28(44)25(41)22(38)19(13-35)50-31/h17-31,33-44H,2-16H2,1H3/t17?,18?,19?,20-,21-,22+,23?,24?,25?,26?,27?,28?,29-,30-,31+,32?/m0/s1. The molecule has 0 aromatic heterocycles. The topological polar surface area (TPSA) is 298 Å². The molecule has 53 heavy (non-hydrogen) atoms. The number of ether oxygens (including phenoxy) is 6. The molecule has 15 atom stereocenters. The highest BCUT2D eigenvalue weighted by Gasteiger charge is 2.45. The van der Waals surface area contributed by atoms with Gasteiger partial charge in [-0.05, 0) is 36.5 Å². The van der Waals surface area contributed by atoms with E-state index in [4.69, 9.17) is 28.4 Å².